The Morgan fingerprint density at radius 3 is 2.44 bits per heavy atom. The average molecular weight is 255 g/mol. The fraction of sp³-hybridized carbons (Fsp3) is 0.700. The van der Waals surface area contributed by atoms with E-state index in [4.69, 9.17) is 15.0 Å². The van der Waals surface area contributed by atoms with E-state index < -0.39 is 29.4 Å². The van der Waals surface area contributed by atoms with E-state index in [0.29, 0.717) is 0 Å². The monoisotopic (exact) mass is 255 g/mol. The number of azide groups is 1. The molecule has 0 aromatic carbocycles. The molecule has 0 radical (unpaired) electrons. The molecule has 1 fully saturated rings. The Hall–Kier alpha value is -2.08. The summed E-state index contributed by atoms with van der Waals surface area (Å²) in [5.41, 5.74) is 8.05. The Balaban J connectivity index is 2.60. The predicted molar refractivity (Wildman–Crippen MR) is 58.0 cm³/mol. The number of carbonyl (C=O) groups is 3. The molecule has 0 N–H and O–H groups in total. The SMILES string of the molecule is CC1(C)OC(=O)C(C(=O)CCCN=[N+]=[N-])C(=O)O1. The van der Waals surface area contributed by atoms with Crippen LogP contribution < -0.4 is 0 Å². The smallest absolute Gasteiger partial charge is 0.331 e. The van der Waals surface area contributed by atoms with Crippen molar-refractivity contribution in [2.24, 2.45) is 11.0 Å². The van der Waals surface area contributed by atoms with Crippen molar-refractivity contribution in [1.82, 2.24) is 0 Å². The van der Waals surface area contributed by atoms with Gasteiger partial charge in [0.2, 0.25) is 5.92 Å². The number of ether oxygens (including phenoxy) is 2. The van der Waals surface area contributed by atoms with Gasteiger partial charge in [-0.2, -0.15) is 0 Å². The van der Waals surface area contributed by atoms with Crippen molar-refractivity contribution in [2.45, 2.75) is 32.5 Å². The lowest BCUT2D eigenvalue weighted by Crippen LogP contribution is -2.49. The minimum absolute atomic E-state index is 0.0473. The number of esters is 2. The van der Waals surface area contributed by atoms with Crippen LogP contribution in [-0.2, 0) is 23.9 Å². The largest absolute Gasteiger partial charge is 0.422 e. The molecule has 0 aromatic rings. The molecule has 8 nitrogen and oxygen atoms in total. The van der Waals surface area contributed by atoms with Crippen molar-refractivity contribution in [3.05, 3.63) is 10.4 Å². The lowest BCUT2D eigenvalue weighted by Gasteiger charge is -2.32. The van der Waals surface area contributed by atoms with E-state index in [0.717, 1.165) is 0 Å². The summed E-state index contributed by atoms with van der Waals surface area (Å²) >= 11 is 0. The Kier molecular flexibility index (Phi) is 4.28. The Morgan fingerprint density at radius 1 is 1.39 bits per heavy atom. The van der Waals surface area contributed by atoms with E-state index in [-0.39, 0.29) is 19.4 Å². The number of ketones is 1. The van der Waals surface area contributed by atoms with Crippen molar-refractivity contribution in [2.75, 3.05) is 6.54 Å². The number of hydrogen-bond donors (Lipinski definition) is 0. The zero-order valence-electron chi connectivity index (χ0n) is 10.1. The number of rotatable bonds is 5. The number of nitrogens with zero attached hydrogens (tertiary/aromatic N) is 3. The lowest BCUT2D eigenvalue weighted by atomic mass is 9.99. The molecule has 0 saturated carbocycles. The van der Waals surface area contributed by atoms with E-state index in [9.17, 15) is 14.4 Å². The molecule has 18 heavy (non-hydrogen) atoms. The van der Waals surface area contributed by atoms with Crippen LogP contribution in [0, 0.1) is 5.92 Å². The van der Waals surface area contributed by atoms with Crippen LogP contribution in [0.1, 0.15) is 26.7 Å². The van der Waals surface area contributed by atoms with Gasteiger partial charge in [-0.25, -0.2) is 0 Å². The van der Waals surface area contributed by atoms with E-state index in [1.54, 1.807) is 0 Å². The number of cyclic esters (lactones) is 2. The van der Waals surface area contributed by atoms with Crippen molar-refractivity contribution >= 4 is 17.7 Å². The van der Waals surface area contributed by atoms with Crippen LogP contribution in [0.25, 0.3) is 10.4 Å². The van der Waals surface area contributed by atoms with Crippen molar-refractivity contribution in [3.63, 3.8) is 0 Å². The Labute approximate surface area is 103 Å². The summed E-state index contributed by atoms with van der Waals surface area (Å²) in [4.78, 5) is 37.2. The lowest BCUT2D eigenvalue weighted by molar-refractivity contribution is -0.238. The Bertz CT molecular complexity index is 405. The molecule has 0 aromatic heterocycles. The van der Waals surface area contributed by atoms with Gasteiger partial charge >= 0.3 is 11.9 Å². The van der Waals surface area contributed by atoms with Gasteiger partial charge in [-0.3, -0.25) is 14.4 Å². The van der Waals surface area contributed by atoms with Gasteiger partial charge in [0.05, 0.1) is 0 Å². The summed E-state index contributed by atoms with van der Waals surface area (Å²) < 4.78 is 9.64. The van der Waals surface area contributed by atoms with Crippen molar-refractivity contribution in [3.8, 4) is 0 Å². The Morgan fingerprint density at radius 2 is 1.94 bits per heavy atom. The summed E-state index contributed by atoms with van der Waals surface area (Å²) in [6.45, 7) is 2.95. The maximum atomic E-state index is 11.7. The van der Waals surface area contributed by atoms with Gasteiger partial charge in [0.15, 0.2) is 5.78 Å². The highest BCUT2D eigenvalue weighted by Gasteiger charge is 2.46. The van der Waals surface area contributed by atoms with E-state index in [1.807, 2.05) is 0 Å². The quantitative estimate of drug-likeness (QED) is 0.182. The summed E-state index contributed by atoms with van der Waals surface area (Å²) in [5.74, 6) is -5.25. The normalized spacial score (nSPS) is 18.6. The van der Waals surface area contributed by atoms with Gasteiger partial charge in [-0.1, -0.05) is 5.11 Å². The molecule has 98 valence electrons. The molecule has 1 rings (SSSR count). The highest BCUT2D eigenvalue weighted by atomic mass is 16.7. The van der Waals surface area contributed by atoms with Gasteiger partial charge in [0, 0.05) is 31.7 Å². The highest BCUT2D eigenvalue weighted by Crippen LogP contribution is 2.24. The van der Waals surface area contributed by atoms with Crippen LogP contribution in [0.3, 0.4) is 0 Å². The third kappa shape index (κ3) is 3.46. The minimum Gasteiger partial charge on any atom is -0.422 e. The van der Waals surface area contributed by atoms with Crippen LogP contribution in [0.4, 0.5) is 0 Å². The second kappa shape index (κ2) is 5.50. The van der Waals surface area contributed by atoms with Gasteiger partial charge in [0.25, 0.3) is 5.79 Å². The first-order chi connectivity index (χ1) is 8.37. The number of hydrogen-bond acceptors (Lipinski definition) is 6. The van der Waals surface area contributed by atoms with Crippen molar-refractivity contribution in [1.29, 1.82) is 0 Å². The van der Waals surface area contributed by atoms with E-state index in [2.05, 4.69) is 10.0 Å². The topological polar surface area (TPSA) is 118 Å². The molecule has 0 bridgehead atoms. The minimum atomic E-state index is -1.52. The van der Waals surface area contributed by atoms with Crippen LogP contribution in [0.15, 0.2) is 5.11 Å². The zero-order valence-corrected chi connectivity index (χ0v) is 10.1. The first kappa shape index (κ1) is 14.0. The first-order valence-corrected chi connectivity index (χ1v) is 5.36. The molecule has 1 aliphatic heterocycles. The number of carbonyl (C=O) groups excluding carboxylic acids is 3. The summed E-state index contributed by atoms with van der Waals surface area (Å²) in [7, 11) is 0. The third-order valence-electron chi connectivity index (χ3n) is 2.23. The van der Waals surface area contributed by atoms with Crippen LogP contribution in [-0.4, -0.2) is 30.1 Å². The fourth-order valence-corrected chi connectivity index (χ4v) is 1.50. The maximum absolute atomic E-state index is 11.7. The molecule has 0 atom stereocenters. The molecule has 1 aliphatic rings. The molecule has 8 heteroatoms. The summed E-state index contributed by atoms with van der Waals surface area (Å²) in [6.07, 6.45) is 0.220. The van der Waals surface area contributed by atoms with Gasteiger partial charge in [-0.15, -0.1) is 0 Å². The second-order valence-corrected chi connectivity index (χ2v) is 4.20. The molecule has 1 heterocycles. The third-order valence-corrected chi connectivity index (χ3v) is 2.23. The molecule has 0 amide bonds. The van der Waals surface area contributed by atoms with Gasteiger partial charge < -0.3 is 9.47 Å². The fourth-order valence-electron chi connectivity index (χ4n) is 1.50. The molecule has 0 spiro atoms. The van der Waals surface area contributed by atoms with Gasteiger partial charge in [-0.05, 0) is 12.0 Å². The van der Waals surface area contributed by atoms with Crippen LogP contribution in [0.5, 0.6) is 0 Å². The highest BCUT2D eigenvalue weighted by molar-refractivity contribution is 6.15. The molecular weight excluding hydrogens is 242 g/mol. The predicted octanol–water partition coefficient (Wildman–Crippen LogP) is 1.10. The van der Waals surface area contributed by atoms with E-state index >= 15 is 0 Å². The molecule has 0 aliphatic carbocycles. The number of Topliss-reactive ketones (excluding diaryl/α,β-unsaturated/α-hetero) is 1. The zero-order chi connectivity index (χ0) is 13.8. The molecule has 1 saturated heterocycles. The standard InChI is InChI=1S/C10H13N3O5/c1-10(2)17-8(15)7(9(16)18-10)6(14)4-3-5-12-13-11/h7H,3-5H2,1-2H3. The first-order valence-electron chi connectivity index (χ1n) is 5.36. The maximum Gasteiger partial charge on any atom is 0.331 e. The summed E-state index contributed by atoms with van der Waals surface area (Å²) in [5, 5.41) is 3.25. The second-order valence-electron chi connectivity index (χ2n) is 4.20. The van der Waals surface area contributed by atoms with Crippen LogP contribution >= 0.6 is 0 Å². The summed E-state index contributed by atoms with van der Waals surface area (Å²) in [6, 6.07) is 0. The van der Waals surface area contributed by atoms with Crippen molar-refractivity contribution < 1.29 is 23.9 Å². The van der Waals surface area contributed by atoms with Gasteiger partial charge in [0.1, 0.15) is 0 Å². The van der Waals surface area contributed by atoms with E-state index in [1.165, 1.54) is 13.8 Å². The molecule has 0 unspecified atom stereocenters. The van der Waals surface area contributed by atoms with Crippen LogP contribution in [0.2, 0.25) is 0 Å². The molecular formula is C10H13N3O5. The average Bonchev–Trinajstić information content (AvgIpc) is 2.21.